The normalized spacial score (nSPS) is 12.7. The number of hydrogen-bond acceptors (Lipinski definition) is 1. The predicted octanol–water partition coefficient (Wildman–Crippen LogP) is 11.0. The largest absolute Gasteiger partial charge is 0.347 e. The van der Waals surface area contributed by atoms with E-state index in [-0.39, 0.29) is 0 Å². The molecule has 0 amide bonds. The second-order valence-electron chi connectivity index (χ2n) is 11.6. The summed E-state index contributed by atoms with van der Waals surface area (Å²) in [5, 5.41) is 7.69. The molecule has 0 N–H and O–H groups in total. The first-order valence-electron chi connectivity index (χ1n) is 14.7. The lowest BCUT2D eigenvalue weighted by molar-refractivity contribution is 0.777. The molecule has 7 aromatic rings. The highest BCUT2D eigenvalue weighted by molar-refractivity contribution is 6.24. The second-order valence-corrected chi connectivity index (χ2v) is 11.6. The molecular weight excluding hydrogens is 506 g/mol. The zero-order valence-corrected chi connectivity index (χ0v) is 24.1. The molecule has 0 bridgehead atoms. The molecule has 1 aliphatic rings. The number of nitrogens with zero attached hydrogens (tertiary/aromatic N) is 1. The van der Waals surface area contributed by atoms with Gasteiger partial charge in [-0.15, -0.1) is 0 Å². The standard InChI is InChI=1S/C41H31N/c1-26-21-22-30(27(2)23-26)31-17-9-19-33-32(31)18-10-20-34(33)41-37-15-6-4-13-35(37)40(36-14-5-7-16-38(36)41)29-12-8-11-28(24-29)39-25-42(39)3/h4-25H,1-3H3. The van der Waals surface area contributed by atoms with Crippen molar-refractivity contribution in [3.63, 3.8) is 0 Å². The van der Waals surface area contributed by atoms with Gasteiger partial charge in [0.1, 0.15) is 0 Å². The topological polar surface area (TPSA) is 3.01 Å². The first-order chi connectivity index (χ1) is 20.6. The van der Waals surface area contributed by atoms with Crippen molar-refractivity contribution < 1.29 is 0 Å². The van der Waals surface area contributed by atoms with E-state index in [4.69, 9.17) is 0 Å². The minimum Gasteiger partial charge on any atom is -0.347 e. The molecule has 0 saturated carbocycles. The third-order valence-corrected chi connectivity index (χ3v) is 8.87. The molecule has 1 aliphatic heterocycles. The molecule has 200 valence electrons. The van der Waals surface area contributed by atoms with Gasteiger partial charge in [0, 0.05) is 18.8 Å². The van der Waals surface area contributed by atoms with Crippen molar-refractivity contribution in [1.82, 2.24) is 4.90 Å². The van der Waals surface area contributed by atoms with E-state index in [0.29, 0.717) is 0 Å². The zero-order valence-electron chi connectivity index (χ0n) is 24.1. The Morgan fingerprint density at radius 2 is 0.952 bits per heavy atom. The van der Waals surface area contributed by atoms with E-state index < -0.39 is 0 Å². The molecule has 42 heavy (non-hydrogen) atoms. The summed E-state index contributed by atoms with van der Waals surface area (Å²) in [7, 11) is 2.11. The van der Waals surface area contributed by atoms with Crippen molar-refractivity contribution in [2.24, 2.45) is 0 Å². The molecule has 8 rings (SSSR count). The molecule has 0 atom stereocenters. The monoisotopic (exact) mass is 537 g/mol. The van der Waals surface area contributed by atoms with Crippen molar-refractivity contribution in [2.75, 3.05) is 7.05 Å². The molecule has 1 heterocycles. The van der Waals surface area contributed by atoms with Gasteiger partial charge in [0.2, 0.25) is 0 Å². The minimum atomic E-state index is 1.25. The Morgan fingerprint density at radius 1 is 0.429 bits per heavy atom. The third-order valence-electron chi connectivity index (χ3n) is 8.87. The first kappa shape index (κ1) is 24.6. The fraction of sp³-hybridized carbons (Fsp3) is 0.0732. The van der Waals surface area contributed by atoms with Gasteiger partial charge in [-0.1, -0.05) is 127 Å². The Kier molecular flexibility index (Phi) is 5.55. The lowest BCUT2D eigenvalue weighted by atomic mass is 9.83. The van der Waals surface area contributed by atoms with E-state index in [1.54, 1.807) is 0 Å². The lowest BCUT2D eigenvalue weighted by Crippen LogP contribution is -1.93. The highest BCUT2D eigenvalue weighted by Crippen LogP contribution is 2.46. The Labute approximate surface area is 247 Å². The van der Waals surface area contributed by atoms with Crippen molar-refractivity contribution in [3.05, 3.63) is 150 Å². The molecule has 0 aromatic heterocycles. The number of hydrogen-bond donors (Lipinski definition) is 0. The van der Waals surface area contributed by atoms with Gasteiger partial charge in [0.05, 0.1) is 5.70 Å². The molecule has 1 nitrogen and oxygen atoms in total. The SMILES string of the molecule is Cc1ccc(-c2cccc3c(-c4c5ccccc5c(-c5cccc(C6=CN6C)c5)c5ccccc45)cccc23)c(C)c1. The summed E-state index contributed by atoms with van der Waals surface area (Å²) >= 11 is 0. The average Bonchev–Trinajstić information content (AvgIpc) is 3.76. The quantitative estimate of drug-likeness (QED) is 0.202. The van der Waals surface area contributed by atoms with Gasteiger partial charge in [-0.05, 0) is 91.2 Å². The number of fused-ring (bicyclic) bond motifs is 3. The summed E-state index contributed by atoms with van der Waals surface area (Å²) < 4.78 is 0. The fourth-order valence-electron chi connectivity index (χ4n) is 6.87. The van der Waals surface area contributed by atoms with Crippen LogP contribution in [0.2, 0.25) is 0 Å². The number of benzene rings is 7. The number of aryl methyl sites for hydroxylation is 2. The van der Waals surface area contributed by atoms with Crippen LogP contribution >= 0.6 is 0 Å². The molecule has 0 aliphatic carbocycles. The van der Waals surface area contributed by atoms with E-state index in [1.165, 1.54) is 88.1 Å². The van der Waals surface area contributed by atoms with Crippen LogP contribution in [-0.2, 0) is 0 Å². The molecule has 0 radical (unpaired) electrons. The van der Waals surface area contributed by atoms with E-state index in [2.05, 4.69) is 159 Å². The summed E-state index contributed by atoms with van der Waals surface area (Å²) in [5.41, 5.74) is 12.9. The summed E-state index contributed by atoms with van der Waals surface area (Å²) in [5.74, 6) is 0. The number of rotatable bonds is 4. The smallest absolute Gasteiger partial charge is 0.0643 e. The Bertz CT molecular complexity index is 2180. The highest BCUT2D eigenvalue weighted by atomic mass is 15.2. The Morgan fingerprint density at radius 3 is 1.57 bits per heavy atom. The maximum Gasteiger partial charge on any atom is 0.0643 e. The highest BCUT2D eigenvalue weighted by Gasteiger charge is 2.21. The summed E-state index contributed by atoms with van der Waals surface area (Å²) in [4.78, 5) is 2.19. The van der Waals surface area contributed by atoms with Gasteiger partial charge in [-0.25, -0.2) is 0 Å². The van der Waals surface area contributed by atoms with Gasteiger partial charge in [0.15, 0.2) is 0 Å². The minimum absolute atomic E-state index is 1.25. The summed E-state index contributed by atoms with van der Waals surface area (Å²) in [6.45, 7) is 4.38. The van der Waals surface area contributed by atoms with Crippen LogP contribution in [0.4, 0.5) is 0 Å². The third kappa shape index (κ3) is 3.85. The van der Waals surface area contributed by atoms with Gasteiger partial charge in [0.25, 0.3) is 0 Å². The van der Waals surface area contributed by atoms with E-state index in [1.807, 2.05) is 0 Å². The van der Waals surface area contributed by atoms with Crippen molar-refractivity contribution >= 4 is 38.0 Å². The van der Waals surface area contributed by atoms with Crippen LogP contribution in [0.15, 0.2) is 134 Å². The molecule has 0 fully saturated rings. The summed E-state index contributed by atoms with van der Waals surface area (Å²) in [6, 6.07) is 47.2. The van der Waals surface area contributed by atoms with Crippen LogP contribution in [-0.4, -0.2) is 11.9 Å². The van der Waals surface area contributed by atoms with Crippen LogP contribution in [0.1, 0.15) is 16.7 Å². The van der Waals surface area contributed by atoms with Gasteiger partial charge >= 0.3 is 0 Å². The van der Waals surface area contributed by atoms with Crippen LogP contribution < -0.4 is 0 Å². The fourth-order valence-corrected chi connectivity index (χ4v) is 6.87. The molecule has 0 spiro atoms. The Hall–Kier alpha value is -5.14. The van der Waals surface area contributed by atoms with Crippen LogP contribution in [0.25, 0.3) is 71.4 Å². The first-order valence-corrected chi connectivity index (χ1v) is 14.7. The van der Waals surface area contributed by atoms with Crippen molar-refractivity contribution in [3.8, 4) is 33.4 Å². The predicted molar refractivity (Wildman–Crippen MR) is 180 cm³/mol. The van der Waals surface area contributed by atoms with E-state index in [0.717, 1.165) is 0 Å². The van der Waals surface area contributed by atoms with Gasteiger partial charge in [-0.3, -0.25) is 0 Å². The van der Waals surface area contributed by atoms with Crippen molar-refractivity contribution in [2.45, 2.75) is 13.8 Å². The van der Waals surface area contributed by atoms with Gasteiger partial charge in [-0.2, -0.15) is 0 Å². The molecule has 7 aromatic carbocycles. The van der Waals surface area contributed by atoms with Crippen LogP contribution in [0.3, 0.4) is 0 Å². The van der Waals surface area contributed by atoms with E-state index >= 15 is 0 Å². The van der Waals surface area contributed by atoms with E-state index in [9.17, 15) is 0 Å². The van der Waals surface area contributed by atoms with Crippen LogP contribution in [0, 0.1) is 13.8 Å². The molecule has 1 heteroatoms. The maximum atomic E-state index is 2.34. The van der Waals surface area contributed by atoms with Crippen molar-refractivity contribution in [1.29, 1.82) is 0 Å². The zero-order chi connectivity index (χ0) is 28.4. The lowest BCUT2D eigenvalue weighted by Gasteiger charge is -2.20. The molecular formula is C41H31N. The maximum absolute atomic E-state index is 2.34. The molecule has 0 saturated heterocycles. The summed E-state index contributed by atoms with van der Waals surface area (Å²) in [6.07, 6.45) is 2.19. The average molecular weight is 538 g/mol. The van der Waals surface area contributed by atoms with Crippen LogP contribution in [0.5, 0.6) is 0 Å². The second kappa shape index (κ2) is 9.46. The van der Waals surface area contributed by atoms with Gasteiger partial charge < -0.3 is 4.90 Å². The molecule has 0 unspecified atom stereocenters. The Balaban J connectivity index is 1.44.